The van der Waals surface area contributed by atoms with Crippen LogP contribution in [0.2, 0.25) is 0 Å². The number of aryl methyl sites for hydroxylation is 2. The van der Waals surface area contributed by atoms with E-state index in [0.717, 1.165) is 19.7 Å². The van der Waals surface area contributed by atoms with E-state index in [4.69, 9.17) is 9.47 Å². The summed E-state index contributed by atoms with van der Waals surface area (Å²) < 4.78 is 38.7. The highest BCUT2D eigenvalue weighted by Gasteiger charge is 2.28. The molecule has 0 radical (unpaired) electrons. The summed E-state index contributed by atoms with van der Waals surface area (Å²) in [5.41, 5.74) is 2.14. The van der Waals surface area contributed by atoms with Crippen molar-refractivity contribution in [3.63, 3.8) is 0 Å². The number of carbonyl (C=O) groups excluding carboxylic acids is 1. The summed E-state index contributed by atoms with van der Waals surface area (Å²) in [7, 11) is 0.576. The van der Waals surface area contributed by atoms with Crippen LogP contribution in [0.3, 0.4) is 0 Å². The summed E-state index contributed by atoms with van der Waals surface area (Å²) in [6, 6.07) is 12.7. The first-order valence-corrected chi connectivity index (χ1v) is 10.9. The van der Waals surface area contributed by atoms with Gasteiger partial charge in [-0.05, 0) is 43.2 Å². The van der Waals surface area contributed by atoms with Crippen molar-refractivity contribution in [1.29, 1.82) is 0 Å². The Labute approximate surface area is 178 Å². The maximum Gasteiger partial charge on any atom is 0.304 e. The first-order valence-electron chi connectivity index (χ1n) is 9.46. The smallest absolute Gasteiger partial charge is 0.304 e. The predicted molar refractivity (Wildman–Crippen MR) is 117 cm³/mol. The van der Waals surface area contributed by atoms with E-state index in [-0.39, 0.29) is 19.7 Å². The lowest BCUT2D eigenvalue weighted by Crippen LogP contribution is -2.46. The summed E-state index contributed by atoms with van der Waals surface area (Å²) in [4.78, 5) is 12.5. The van der Waals surface area contributed by atoms with Crippen LogP contribution in [0.1, 0.15) is 11.1 Å². The van der Waals surface area contributed by atoms with E-state index < -0.39 is 16.1 Å². The highest BCUT2D eigenvalue weighted by Crippen LogP contribution is 2.26. The van der Waals surface area contributed by atoms with Crippen LogP contribution in [0.25, 0.3) is 0 Å². The number of rotatable bonds is 10. The fourth-order valence-corrected chi connectivity index (χ4v) is 3.87. The van der Waals surface area contributed by atoms with Gasteiger partial charge >= 0.3 is 10.2 Å². The number of carbonyl (C=O) groups is 1. The lowest BCUT2D eigenvalue weighted by atomic mass is 10.1. The van der Waals surface area contributed by atoms with Crippen LogP contribution in [0.15, 0.2) is 42.5 Å². The van der Waals surface area contributed by atoms with Crippen LogP contribution in [0.5, 0.6) is 11.5 Å². The second kappa shape index (κ2) is 10.3. The average molecular weight is 436 g/mol. The van der Waals surface area contributed by atoms with Crippen LogP contribution in [0, 0.1) is 13.8 Å². The SMILES string of the molecule is COc1ccccc1OCCNC(=O)CN(c1cc(C)ccc1C)S(=O)(=O)N(C)C. The summed E-state index contributed by atoms with van der Waals surface area (Å²) in [5, 5.41) is 2.71. The molecule has 0 aliphatic carbocycles. The summed E-state index contributed by atoms with van der Waals surface area (Å²) in [5.74, 6) is 0.744. The van der Waals surface area contributed by atoms with Gasteiger partial charge in [-0.3, -0.25) is 4.79 Å². The largest absolute Gasteiger partial charge is 0.493 e. The minimum atomic E-state index is -3.85. The molecule has 0 aromatic heterocycles. The van der Waals surface area contributed by atoms with Crippen LogP contribution in [-0.4, -0.2) is 59.5 Å². The van der Waals surface area contributed by atoms with Gasteiger partial charge in [-0.15, -0.1) is 0 Å². The molecule has 0 unspecified atom stereocenters. The molecule has 0 saturated carbocycles. The van der Waals surface area contributed by atoms with Crippen molar-refractivity contribution in [3.8, 4) is 11.5 Å². The van der Waals surface area contributed by atoms with Gasteiger partial charge in [0.15, 0.2) is 11.5 Å². The van der Waals surface area contributed by atoms with E-state index in [0.29, 0.717) is 17.2 Å². The quantitative estimate of drug-likeness (QED) is 0.578. The number of methoxy groups -OCH3 is 1. The van der Waals surface area contributed by atoms with Gasteiger partial charge in [0.25, 0.3) is 0 Å². The summed E-state index contributed by atoms with van der Waals surface area (Å²) in [6.07, 6.45) is 0. The number of nitrogens with zero attached hydrogens (tertiary/aromatic N) is 2. The Kier molecular flexibility index (Phi) is 8.08. The van der Waals surface area contributed by atoms with Crippen molar-refractivity contribution < 1.29 is 22.7 Å². The van der Waals surface area contributed by atoms with Gasteiger partial charge in [-0.1, -0.05) is 24.3 Å². The average Bonchev–Trinajstić information content (AvgIpc) is 2.71. The fraction of sp³-hybridized carbons (Fsp3) is 0.381. The number of hydrogen-bond donors (Lipinski definition) is 1. The molecule has 0 bridgehead atoms. The molecule has 0 atom stereocenters. The molecule has 8 nitrogen and oxygen atoms in total. The zero-order chi connectivity index (χ0) is 22.3. The highest BCUT2D eigenvalue weighted by atomic mass is 32.2. The predicted octanol–water partition coefficient (Wildman–Crippen LogP) is 2.12. The highest BCUT2D eigenvalue weighted by molar-refractivity contribution is 7.90. The van der Waals surface area contributed by atoms with Crippen molar-refractivity contribution in [2.24, 2.45) is 0 Å². The molecule has 164 valence electrons. The third kappa shape index (κ3) is 5.87. The van der Waals surface area contributed by atoms with E-state index in [9.17, 15) is 13.2 Å². The number of amides is 1. The summed E-state index contributed by atoms with van der Waals surface area (Å²) in [6.45, 7) is 3.79. The molecular formula is C21H29N3O5S. The maximum atomic E-state index is 12.8. The molecule has 2 rings (SSSR count). The number of para-hydroxylation sites is 2. The van der Waals surface area contributed by atoms with Gasteiger partial charge in [0.2, 0.25) is 5.91 Å². The van der Waals surface area contributed by atoms with Gasteiger partial charge in [0.1, 0.15) is 13.2 Å². The molecule has 9 heteroatoms. The maximum absolute atomic E-state index is 12.8. The van der Waals surface area contributed by atoms with Gasteiger partial charge in [-0.25, -0.2) is 4.31 Å². The molecule has 1 amide bonds. The Hall–Kier alpha value is -2.78. The van der Waals surface area contributed by atoms with Gasteiger partial charge in [0, 0.05) is 14.1 Å². The Morgan fingerprint density at radius 1 is 1.07 bits per heavy atom. The first kappa shape index (κ1) is 23.5. The zero-order valence-corrected chi connectivity index (χ0v) is 18.8. The number of nitrogens with one attached hydrogen (secondary N) is 1. The molecular weight excluding hydrogens is 406 g/mol. The molecule has 2 aromatic rings. The van der Waals surface area contributed by atoms with Crippen molar-refractivity contribution >= 4 is 21.8 Å². The fourth-order valence-electron chi connectivity index (χ4n) is 2.75. The van der Waals surface area contributed by atoms with E-state index in [1.54, 1.807) is 25.3 Å². The molecule has 0 heterocycles. The Morgan fingerprint density at radius 2 is 1.73 bits per heavy atom. The molecule has 0 saturated heterocycles. The molecule has 0 aliphatic rings. The third-order valence-electron chi connectivity index (χ3n) is 4.41. The first-order chi connectivity index (χ1) is 14.2. The van der Waals surface area contributed by atoms with Crippen LogP contribution >= 0.6 is 0 Å². The molecule has 2 aromatic carbocycles. The second-order valence-corrected chi connectivity index (χ2v) is 9.00. The van der Waals surface area contributed by atoms with Crippen molar-refractivity contribution in [2.75, 3.05) is 45.2 Å². The molecule has 0 spiro atoms. The van der Waals surface area contributed by atoms with E-state index in [2.05, 4.69) is 5.32 Å². The standard InChI is InChI=1S/C21H29N3O5S/c1-16-10-11-17(2)18(14-16)24(30(26,27)23(3)4)15-21(25)22-12-13-29-20-9-7-6-8-19(20)28-5/h6-11,14H,12-13,15H2,1-5H3,(H,22,25). The third-order valence-corrected chi connectivity index (χ3v) is 6.22. The number of hydrogen-bond acceptors (Lipinski definition) is 5. The molecule has 30 heavy (non-hydrogen) atoms. The van der Waals surface area contributed by atoms with Crippen LogP contribution < -0.4 is 19.1 Å². The van der Waals surface area contributed by atoms with E-state index in [1.807, 2.05) is 38.1 Å². The zero-order valence-electron chi connectivity index (χ0n) is 18.0. The Balaban J connectivity index is 2.05. The lowest BCUT2D eigenvalue weighted by molar-refractivity contribution is -0.119. The van der Waals surface area contributed by atoms with E-state index >= 15 is 0 Å². The Bertz CT molecular complexity index is 976. The van der Waals surface area contributed by atoms with Crippen molar-refractivity contribution in [1.82, 2.24) is 9.62 Å². The van der Waals surface area contributed by atoms with Gasteiger partial charge in [-0.2, -0.15) is 12.7 Å². The molecule has 1 N–H and O–H groups in total. The number of benzene rings is 2. The van der Waals surface area contributed by atoms with Gasteiger partial charge < -0.3 is 14.8 Å². The van der Waals surface area contributed by atoms with Crippen LogP contribution in [-0.2, 0) is 15.0 Å². The minimum Gasteiger partial charge on any atom is -0.493 e. The van der Waals surface area contributed by atoms with E-state index in [1.165, 1.54) is 14.1 Å². The minimum absolute atomic E-state index is 0.218. The second-order valence-electron chi connectivity index (χ2n) is 6.94. The van der Waals surface area contributed by atoms with Crippen LogP contribution in [0.4, 0.5) is 5.69 Å². The Morgan fingerprint density at radius 3 is 2.37 bits per heavy atom. The normalized spacial score (nSPS) is 11.3. The van der Waals surface area contributed by atoms with Crippen molar-refractivity contribution in [3.05, 3.63) is 53.6 Å². The summed E-state index contributed by atoms with van der Waals surface area (Å²) >= 11 is 0. The number of ether oxygens (including phenoxy) is 2. The topological polar surface area (TPSA) is 88.2 Å². The lowest BCUT2D eigenvalue weighted by Gasteiger charge is -2.28. The molecule has 0 aliphatic heterocycles. The van der Waals surface area contributed by atoms with Gasteiger partial charge in [0.05, 0.1) is 19.3 Å². The monoisotopic (exact) mass is 435 g/mol. The van der Waals surface area contributed by atoms with Crippen molar-refractivity contribution in [2.45, 2.75) is 13.8 Å². The molecule has 0 fully saturated rings. The number of anilines is 1.